The molecule has 5 rings (SSSR count). The van der Waals surface area contributed by atoms with Gasteiger partial charge in [0, 0.05) is 23.5 Å². The van der Waals surface area contributed by atoms with Crippen molar-refractivity contribution >= 4 is 35.0 Å². The van der Waals surface area contributed by atoms with E-state index in [1.54, 1.807) is 36.4 Å². The summed E-state index contributed by atoms with van der Waals surface area (Å²) in [6.45, 7) is 6.85. The van der Waals surface area contributed by atoms with Crippen molar-refractivity contribution < 1.29 is 13.9 Å². The molecule has 37 heavy (non-hydrogen) atoms. The minimum Gasteiger partial charge on any atom is -0.423 e. The van der Waals surface area contributed by atoms with E-state index >= 15 is 0 Å². The van der Waals surface area contributed by atoms with Crippen LogP contribution in [0.1, 0.15) is 45.7 Å². The van der Waals surface area contributed by atoms with Crippen molar-refractivity contribution in [1.29, 1.82) is 0 Å². The van der Waals surface area contributed by atoms with Crippen LogP contribution >= 0.6 is 11.6 Å². The van der Waals surface area contributed by atoms with Gasteiger partial charge < -0.3 is 15.0 Å². The average molecular weight is 517 g/mol. The van der Waals surface area contributed by atoms with Crippen LogP contribution in [0.15, 0.2) is 66.7 Å². The van der Waals surface area contributed by atoms with Gasteiger partial charge in [0.15, 0.2) is 0 Å². The number of halogens is 2. The maximum absolute atomic E-state index is 13.3. The highest BCUT2D eigenvalue weighted by molar-refractivity contribution is 6.33. The fraction of sp³-hybridized carbons (Fsp3) is 0.207. The van der Waals surface area contributed by atoms with E-state index in [1.807, 2.05) is 32.0 Å². The van der Waals surface area contributed by atoms with Crippen molar-refractivity contribution in [3.63, 3.8) is 0 Å². The Morgan fingerprint density at radius 2 is 1.84 bits per heavy atom. The molecule has 0 aliphatic carbocycles. The van der Waals surface area contributed by atoms with Crippen molar-refractivity contribution in [3.8, 4) is 5.75 Å². The van der Waals surface area contributed by atoms with Gasteiger partial charge in [-0.2, -0.15) is 4.98 Å². The lowest BCUT2D eigenvalue weighted by Gasteiger charge is -2.37. The Kier molecular flexibility index (Phi) is 6.80. The highest BCUT2D eigenvalue weighted by Gasteiger charge is 2.28. The van der Waals surface area contributed by atoms with Gasteiger partial charge in [-0.05, 0) is 86.8 Å². The van der Waals surface area contributed by atoms with Crippen molar-refractivity contribution in [3.05, 3.63) is 106 Å². The molecule has 1 aliphatic heterocycles. The number of anilines is 3. The first-order chi connectivity index (χ1) is 17.8. The lowest BCUT2D eigenvalue weighted by molar-refractivity contribution is 0.0734. The number of esters is 1. The number of carbonyl (C=O) groups is 1. The van der Waals surface area contributed by atoms with E-state index in [-0.39, 0.29) is 11.9 Å². The Balaban J connectivity index is 1.42. The molecular weight excluding hydrogens is 491 g/mol. The largest absolute Gasteiger partial charge is 0.423 e. The topological polar surface area (TPSA) is 67.3 Å². The fourth-order valence-electron chi connectivity index (χ4n) is 4.55. The van der Waals surface area contributed by atoms with Crippen LogP contribution < -0.4 is 15.0 Å². The minimum atomic E-state index is -0.496. The summed E-state index contributed by atoms with van der Waals surface area (Å²) in [5, 5.41) is 3.53. The maximum atomic E-state index is 13.3. The van der Waals surface area contributed by atoms with Crippen LogP contribution in [0.5, 0.6) is 5.75 Å². The molecule has 1 aliphatic rings. The normalized spacial score (nSPS) is 14.7. The second-order valence-corrected chi connectivity index (χ2v) is 9.47. The summed E-state index contributed by atoms with van der Waals surface area (Å²) in [6.07, 6.45) is 0.821. The molecule has 0 saturated heterocycles. The molecule has 4 aromatic rings. The number of rotatable bonds is 5. The zero-order valence-corrected chi connectivity index (χ0v) is 21.5. The summed E-state index contributed by atoms with van der Waals surface area (Å²) >= 11 is 6.17. The number of carbonyl (C=O) groups excluding carboxylic acids is 1. The molecule has 0 saturated carbocycles. The Hall–Kier alpha value is -3.97. The SMILES string of the molecule is Cc1nc(Nc2ccc(F)cc2)nc(N2CCc3ccc(OC(=O)c4ccccc4Cl)cc3C2C)c1C. The van der Waals surface area contributed by atoms with Crippen LogP contribution in [0.4, 0.5) is 21.8 Å². The summed E-state index contributed by atoms with van der Waals surface area (Å²) in [4.78, 5) is 24.3. The first-order valence-electron chi connectivity index (χ1n) is 12.0. The number of nitrogens with zero attached hydrogens (tertiary/aromatic N) is 3. The third-order valence-corrected chi connectivity index (χ3v) is 7.03. The molecule has 6 nitrogen and oxygen atoms in total. The van der Waals surface area contributed by atoms with E-state index in [2.05, 4.69) is 22.1 Å². The number of aromatic nitrogens is 2. The van der Waals surface area contributed by atoms with Gasteiger partial charge in [0.25, 0.3) is 0 Å². The molecule has 0 radical (unpaired) electrons. The van der Waals surface area contributed by atoms with E-state index in [1.165, 1.54) is 17.7 Å². The van der Waals surface area contributed by atoms with E-state index in [4.69, 9.17) is 21.3 Å². The van der Waals surface area contributed by atoms with Gasteiger partial charge in [-0.3, -0.25) is 0 Å². The fourth-order valence-corrected chi connectivity index (χ4v) is 4.76. The Labute approximate surface area is 220 Å². The average Bonchev–Trinajstić information content (AvgIpc) is 2.88. The molecule has 1 unspecified atom stereocenters. The second kappa shape index (κ2) is 10.2. The molecule has 1 N–H and O–H groups in total. The smallest absolute Gasteiger partial charge is 0.345 e. The van der Waals surface area contributed by atoms with Crippen LogP contribution in [-0.2, 0) is 6.42 Å². The first kappa shape index (κ1) is 24.7. The molecule has 3 aromatic carbocycles. The lowest BCUT2D eigenvalue weighted by atomic mass is 9.93. The molecule has 0 amide bonds. The Bertz CT molecular complexity index is 1480. The molecule has 0 bridgehead atoms. The highest BCUT2D eigenvalue weighted by Crippen LogP contribution is 2.37. The minimum absolute atomic E-state index is 0.0191. The zero-order valence-electron chi connectivity index (χ0n) is 20.8. The van der Waals surface area contributed by atoms with E-state index in [0.29, 0.717) is 28.0 Å². The molecule has 188 valence electrons. The summed E-state index contributed by atoms with van der Waals surface area (Å²) in [5.41, 5.74) is 5.15. The van der Waals surface area contributed by atoms with Crippen LogP contribution in [0.2, 0.25) is 5.02 Å². The Morgan fingerprint density at radius 3 is 2.59 bits per heavy atom. The number of nitrogens with one attached hydrogen (secondary N) is 1. The number of hydrogen-bond acceptors (Lipinski definition) is 6. The van der Waals surface area contributed by atoms with Crippen molar-refractivity contribution in [2.45, 2.75) is 33.2 Å². The lowest BCUT2D eigenvalue weighted by Crippen LogP contribution is -2.35. The summed E-state index contributed by atoms with van der Waals surface area (Å²) in [7, 11) is 0. The van der Waals surface area contributed by atoms with Gasteiger partial charge >= 0.3 is 5.97 Å². The van der Waals surface area contributed by atoms with Gasteiger partial charge in [0.05, 0.1) is 16.6 Å². The second-order valence-electron chi connectivity index (χ2n) is 9.06. The van der Waals surface area contributed by atoms with Gasteiger partial charge in [0.1, 0.15) is 17.4 Å². The summed E-state index contributed by atoms with van der Waals surface area (Å²) < 4.78 is 19.0. The van der Waals surface area contributed by atoms with Crippen LogP contribution in [0, 0.1) is 19.7 Å². The van der Waals surface area contributed by atoms with Gasteiger partial charge in [0.2, 0.25) is 5.95 Å². The first-order valence-corrected chi connectivity index (χ1v) is 12.4. The molecule has 2 heterocycles. The van der Waals surface area contributed by atoms with E-state index < -0.39 is 5.97 Å². The van der Waals surface area contributed by atoms with Gasteiger partial charge in [-0.15, -0.1) is 0 Å². The summed E-state index contributed by atoms with van der Waals surface area (Å²) in [5.74, 6) is 0.945. The summed E-state index contributed by atoms with van der Waals surface area (Å²) in [6, 6.07) is 18.6. The monoisotopic (exact) mass is 516 g/mol. The molecule has 0 fully saturated rings. The molecule has 0 spiro atoms. The predicted molar refractivity (Wildman–Crippen MR) is 144 cm³/mol. The van der Waals surface area contributed by atoms with Crippen LogP contribution in [0.25, 0.3) is 0 Å². The molecular formula is C29H26ClFN4O2. The number of aryl methyl sites for hydroxylation is 1. The predicted octanol–water partition coefficient (Wildman–Crippen LogP) is 6.97. The third kappa shape index (κ3) is 5.13. The third-order valence-electron chi connectivity index (χ3n) is 6.70. The zero-order chi connectivity index (χ0) is 26.1. The van der Waals surface area contributed by atoms with Crippen molar-refractivity contribution in [1.82, 2.24) is 9.97 Å². The quantitative estimate of drug-likeness (QED) is 0.228. The molecule has 1 atom stereocenters. The number of hydrogen-bond donors (Lipinski definition) is 1. The van der Waals surface area contributed by atoms with Crippen LogP contribution in [0.3, 0.4) is 0 Å². The van der Waals surface area contributed by atoms with E-state index in [0.717, 1.165) is 35.6 Å². The van der Waals surface area contributed by atoms with E-state index in [9.17, 15) is 9.18 Å². The number of ether oxygens (including phenoxy) is 1. The molecule has 8 heteroatoms. The highest BCUT2D eigenvalue weighted by atomic mass is 35.5. The van der Waals surface area contributed by atoms with Gasteiger partial charge in [-0.25, -0.2) is 14.2 Å². The number of benzene rings is 3. The Morgan fingerprint density at radius 1 is 1.08 bits per heavy atom. The van der Waals surface area contributed by atoms with Crippen LogP contribution in [-0.4, -0.2) is 22.5 Å². The molecule has 1 aromatic heterocycles. The van der Waals surface area contributed by atoms with Crippen molar-refractivity contribution in [2.24, 2.45) is 0 Å². The van der Waals surface area contributed by atoms with Crippen molar-refractivity contribution in [2.75, 3.05) is 16.8 Å². The van der Waals surface area contributed by atoms with Gasteiger partial charge in [-0.1, -0.05) is 29.8 Å². The maximum Gasteiger partial charge on any atom is 0.345 e. The number of fused-ring (bicyclic) bond motifs is 1. The standard InChI is InChI=1S/C29H26ClFN4O2/c1-17-18(2)32-29(33-22-11-9-21(31)10-12-22)34-27(17)35-15-14-20-8-13-23(16-25(20)19(35)3)37-28(36)24-6-4-5-7-26(24)30/h4-13,16,19H,14-15H2,1-3H3,(H,32,33,34).